The molecule has 104 valence electrons. The molecule has 2 saturated heterocycles. The topological polar surface area (TPSA) is 76.2 Å². The summed E-state index contributed by atoms with van der Waals surface area (Å²) in [6.07, 6.45) is 3.28. The van der Waals surface area contributed by atoms with Crippen molar-refractivity contribution in [2.45, 2.75) is 37.9 Å². The molecule has 0 radical (unpaired) electrons. The van der Waals surface area contributed by atoms with Crippen LogP contribution in [0.2, 0.25) is 0 Å². The van der Waals surface area contributed by atoms with Gasteiger partial charge in [0.1, 0.15) is 0 Å². The van der Waals surface area contributed by atoms with E-state index in [1.165, 1.54) is 6.07 Å². The number of fused-ring (bicyclic) bond motifs is 2. The summed E-state index contributed by atoms with van der Waals surface area (Å²) in [5.74, 6) is 0. The third kappa shape index (κ3) is 2.02. The van der Waals surface area contributed by atoms with Crippen molar-refractivity contribution in [2.75, 3.05) is 0 Å². The van der Waals surface area contributed by atoms with Gasteiger partial charge in [-0.3, -0.25) is 10.1 Å². The van der Waals surface area contributed by atoms with Gasteiger partial charge in [0, 0.05) is 6.07 Å². The minimum Gasteiger partial charge on any atom is -0.373 e. The number of rotatable bonds is 3. The van der Waals surface area contributed by atoms with Crippen LogP contribution in [-0.4, -0.2) is 17.1 Å². The highest BCUT2D eigenvalue weighted by Gasteiger charge is 2.53. The molecule has 0 N–H and O–H groups in total. The number of nitro benzene ring substituents is 1. The van der Waals surface area contributed by atoms with Crippen LogP contribution in [0, 0.1) is 26.9 Å². The van der Waals surface area contributed by atoms with Crippen molar-refractivity contribution in [1.82, 2.24) is 0 Å². The molecule has 1 aromatic rings. The standard InChI is InChI=1S/C14H13BrN2O3/c15-13-9(2-1-3-11(13)17(18)19)6-14(8-16)7-10-4-5-12(14)20-10/h1-3,10,12H,4-7H2. The summed E-state index contributed by atoms with van der Waals surface area (Å²) in [5.41, 5.74) is 0.303. The molecule has 0 saturated carbocycles. The highest BCUT2D eigenvalue weighted by molar-refractivity contribution is 9.10. The van der Waals surface area contributed by atoms with E-state index >= 15 is 0 Å². The minimum absolute atomic E-state index is 0.0383. The van der Waals surface area contributed by atoms with Crippen molar-refractivity contribution in [3.05, 3.63) is 38.3 Å². The Morgan fingerprint density at radius 2 is 2.35 bits per heavy atom. The first-order valence-electron chi connectivity index (χ1n) is 6.54. The number of benzene rings is 1. The van der Waals surface area contributed by atoms with Gasteiger partial charge in [-0.05, 0) is 47.2 Å². The third-order valence-electron chi connectivity index (χ3n) is 4.30. The van der Waals surface area contributed by atoms with Gasteiger partial charge >= 0.3 is 0 Å². The number of nitrogens with zero attached hydrogens (tertiary/aromatic N) is 2. The first-order chi connectivity index (χ1) is 9.55. The molecule has 2 heterocycles. The predicted octanol–water partition coefficient (Wildman–Crippen LogP) is 3.36. The summed E-state index contributed by atoms with van der Waals surface area (Å²) >= 11 is 3.30. The van der Waals surface area contributed by atoms with Gasteiger partial charge in [0.2, 0.25) is 0 Å². The molecule has 3 unspecified atom stereocenters. The summed E-state index contributed by atoms with van der Waals surface area (Å²) in [4.78, 5) is 10.6. The Balaban J connectivity index is 1.94. The maximum Gasteiger partial charge on any atom is 0.283 e. The Hall–Kier alpha value is -1.45. The first-order valence-corrected chi connectivity index (χ1v) is 7.33. The quantitative estimate of drug-likeness (QED) is 0.626. The maximum absolute atomic E-state index is 11.0. The monoisotopic (exact) mass is 336 g/mol. The Labute approximate surface area is 124 Å². The molecule has 6 heteroatoms. The predicted molar refractivity (Wildman–Crippen MR) is 75.1 cm³/mol. The van der Waals surface area contributed by atoms with Crippen molar-refractivity contribution < 1.29 is 9.66 Å². The Morgan fingerprint density at radius 3 is 2.90 bits per heavy atom. The van der Waals surface area contributed by atoms with Crippen LogP contribution in [0.25, 0.3) is 0 Å². The van der Waals surface area contributed by atoms with Crippen molar-refractivity contribution in [3.63, 3.8) is 0 Å². The lowest BCUT2D eigenvalue weighted by molar-refractivity contribution is -0.385. The van der Waals surface area contributed by atoms with Gasteiger partial charge in [-0.2, -0.15) is 5.26 Å². The van der Waals surface area contributed by atoms with E-state index < -0.39 is 10.3 Å². The van der Waals surface area contributed by atoms with E-state index in [1.807, 2.05) is 6.07 Å². The van der Waals surface area contributed by atoms with Crippen LogP contribution in [0.4, 0.5) is 5.69 Å². The van der Waals surface area contributed by atoms with E-state index in [0.29, 0.717) is 10.9 Å². The fourth-order valence-electron chi connectivity index (χ4n) is 3.33. The SMILES string of the molecule is N#CC1(Cc2cccc([N+](=O)[O-])c2Br)CC2CCC1O2. The Morgan fingerprint density at radius 1 is 1.55 bits per heavy atom. The fourth-order valence-corrected chi connectivity index (χ4v) is 3.88. The maximum atomic E-state index is 11.0. The molecule has 0 aliphatic carbocycles. The van der Waals surface area contributed by atoms with Crippen molar-refractivity contribution >= 4 is 21.6 Å². The number of ether oxygens (including phenoxy) is 1. The lowest BCUT2D eigenvalue weighted by Gasteiger charge is -2.28. The van der Waals surface area contributed by atoms with Gasteiger partial charge in [-0.15, -0.1) is 0 Å². The van der Waals surface area contributed by atoms with Crippen molar-refractivity contribution in [3.8, 4) is 6.07 Å². The molecule has 2 aliphatic rings. The number of hydrogen-bond acceptors (Lipinski definition) is 4. The normalized spacial score (nSPS) is 31.2. The molecule has 0 spiro atoms. The fraction of sp³-hybridized carbons (Fsp3) is 0.500. The Kier molecular flexibility index (Phi) is 3.27. The minimum atomic E-state index is -0.541. The van der Waals surface area contributed by atoms with E-state index in [-0.39, 0.29) is 17.9 Å². The van der Waals surface area contributed by atoms with Gasteiger partial charge in [0.15, 0.2) is 0 Å². The van der Waals surface area contributed by atoms with E-state index in [4.69, 9.17) is 4.74 Å². The average Bonchev–Trinajstić information content (AvgIpc) is 3.01. The number of hydrogen-bond donors (Lipinski definition) is 0. The van der Waals surface area contributed by atoms with Gasteiger partial charge in [-0.1, -0.05) is 12.1 Å². The molecule has 2 aliphatic heterocycles. The third-order valence-corrected chi connectivity index (χ3v) is 5.21. The zero-order valence-electron chi connectivity index (χ0n) is 10.7. The highest BCUT2D eigenvalue weighted by Crippen LogP contribution is 2.50. The zero-order chi connectivity index (χ0) is 14.3. The van der Waals surface area contributed by atoms with Crippen LogP contribution in [0.3, 0.4) is 0 Å². The van der Waals surface area contributed by atoms with Crippen LogP contribution < -0.4 is 0 Å². The average molecular weight is 337 g/mol. The number of nitriles is 1. The number of nitro groups is 1. The second-order valence-corrected chi connectivity index (χ2v) is 6.27. The highest BCUT2D eigenvalue weighted by atomic mass is 79.9. The van der Waals surface area contributed by atoms with E-state index in [0.717, 1.165) is 24.8 Å². The molecule has 2 fully saturated rings. The molecular weight excluding hydrogens is 324 g/mol. The molecule has 2 bridgehead atoms. The van der Waals surface area contributed by atoms with Crippen LogP contribution >= 0.6 is 15.9 Å². The molecule has 3 rings (SSSR count). The lowest BCUT2D eigenvalue weighted by atomic mass is 9.71. The van der Waals surface area contributed by atoms with Crippen molar-refractivity contribution in [2.24, 2.45) is 5.41 Å². The summed E-state index contributed by atoms with van der Waals surface area (Å²) < 4.78 is 6.27. The largest absolute Gasteiger partial charge is 0.373 e. The molecule has 5 nitrogen and oxygen atoms in total. The van der Waals surface area contributed by atoms with Crippen molar-refractivity contribution in [1.29, 1.82) is 5.26 Å². The van der Waals surface area contributed by atoms with Crippen LogP contribution in [0.15, 0.2) is 22.7 Å². The molecule has 20 heavy (non-hydrogen) atoms. The van der Waals surface area contributed by atoms with Crippen LogP contribution in [0.5, 0.6) is 0 Å². The summed E-state index contributed by atoms with van der Waals surface area (Å²) in [6.45, 7) is 0. The second kappa shape index (κ2) is 4.83. The smallest absolute Gasteiger partial charge is 0.283 e. The zero-order valence-corrected chi connectivity index (χ0v) is 12.3. The van der Waals surface area contributed by atoms with E-state index in [2.05, 4.69) is 22.0 Å². The molecule has 0 amide bonds. The molecular formula is C14H13BrN2O3. The second-order valence-electron chi connectivity index (χ2n) is 5.48. The van der Waals surface area contributed by atoms with Gasteiger partial charge in [-0.25, -0.2) is 0 Å². The Bertz CT molecular complexity index is 613. The molecule has 3 atom stereocenters. The first kappa shape index (κ1) is 13.5. The molecule has 1 aromatic carbocycles. The summed E-state index contributed by atoms with van der Waals surface area (Å²) in [6, 6.07) is 7.38. The van der Waals surface area contributed by atoms with Gasteiger partial charge in [0.05, 0.1) is 33.1 Å². The van der Waals surface area contributed by atoms with Crippen LogP contribution in [-0.2, 0) is 11.2 Å². The lowest BCUT2D eigenvalue weighted by Crippen LogP contribution is -2.33. The summed E-state index contributed by atoms with van der Waals surface area (Å²) in [7, 11) is 0. The van der Waals surface area contributed by atoms with E-state index in [1.54, 1.807) is 6.07 Å². The summed E-state index contributed by atoms with van der Waals surface area (Å²) in [5, 5.41) is 20.6. The van der Waals surface area contributed by atoms with Crippen LogP contribution in [0.1, 0.15) is 24.8 Å². The number of halogens is 1. The van der Waals surface area contributed by atoms with Gasteiger partial charge < -0.3 is 4.74 Å². The van der Waals surface area contributed by atoms with Gasteiger partial charge in [0.25, 0.3) is 5.69 Å². The molecule has 0 aromatic heterocycles. The van der Waals surface area contributed by atoms with E-state index in [9.17, 15) is 15.4 Å².